The van der Waals surface area contributed by atoms with Gasteiger partial charge in [0, 0.05) is 12.8 Å². The van der Waals surface area contributed by atoms with Gasteiger partial charge in [-0.1, -0.05) is 422 Å². The van der Waals surface area contributed by atoms with Gasteiger partial charge in [-0.15, -0.1) is 0 Å². The van der Waals surface area contributed by atoms with E-state index >= 15 is 0 Å². The van der Waals surface area contributed by atoms with Gasteiger partial charge in [0.15, 0.2) is 0 Å². The van der Waals surface area contributed by atoms with E-state index in [1.165, 1.54) is 398 Å². The van der Waals surface area contributed by atoms with Crippen molar-refractivity contribution in [3.05, 3.63) is 48.6 Å². The summed E-state index contributed by atoms with van der Waals surface area (Å²) in [6, 6.07) is -0.628. The maximum atomic E-state index is 12.6. The number of aliphatic hydroxyl groups excluding tert-OH is 2. The second kappa shape index (κ2) is 83.2. The Morgan fingerprint density at radius 1 is 0.298 bits per heavy atom. The summed E-state index contributed by atoms with van der Waals surface area (Å²) in [6.45, 7) is 4.95. The largest absolute Gasteiger partial charge is 0.466 e. The van der Waals surface area contributed by atoms with Gasteiger partial charge in [-0.2, -0.15) is 0 Å². The summed E-state index contributed by atoms with van der Waals surface area (Å²) >= 11 is 0. The molecule has 0 heterocycles. The fourth-order valence-electron chi connectivity index (χ4n) is 13.5. The highest BCUT2D eigenvalue weighted by molar-refractivity contribution is 5.76. The quantitative estimate of drug-likeness (QED) is 0.0320. The molecule has 0 radical (unpaired) electrons. The Balaban J connectivity index is 3.38. The summed E-state index contributed by atoms with van der Waals surface area (Å²) in [4.78, 5) is 24.6. The second-order valence-electron chi connectivity index (χ2n) is 29.5. The predicted molar refractivity (Wildman–Crippen MR) is 416 cm³/mol. The van der Waals surface area contributed by atoms with Crippen LogP contribution >= 0.6 is 0 Å². The minimum Gasteiger partial charge on any atom is -0.466 e. The van der Waals surface area contributed by atoms with Crippen molar-refractivity contribution < 1.29 is 24.5 Å². The lowest BCUT2D eigenvalue weighted by molar-refractivity contribution is -0.143. The first-order chi connectivity index (χ1) is 46.5. The van der Waals surface area contributed by atoms with Crippen molar-refractivity contribution in [1.29, 1.82) is 0 Å². The fraction of sp³-hybridized carbons (Fsp3) is 0.886. The molecule has 0 aliphatic carbocycles. The van der Waals surface area contributed by atoms with Crippen LogP contribution in [0.5, 0.6) is 0 Å². The molecule has 6 heteroatoms. The number of carbonyl (C=O) groups is 2. The molecule has 94 heavy (non-hydrogen) atoms. The molecule has 0 aromatic rings. The first-order valence-corrected chi connectivity index (χ1v) is 42.9. The lowest BCUT2D eigenvalue weighted by Crippen LogP contribution is -2.45. The molecule has 3 N–H and O–H groups in total. The third-order valence-corrected chi connectivity index (χ3v) is 20.1. The number of rotatable bonds is 81. The molecule has 1 amide bonds. The van der Waals surface area contributed by atoms with Crippen LogP contribution in [0.3, 0.4) is 0 Å². The number of carbonyl (C=O) groups excluding carboxylic acids is 2. The van der Waals surface area contributed by atoms with E-state index in [2.05, 4.69) is 55.6 Å². The Hall–Kier alpha value is -2.18. The van der Waals surface area contributed by atoms with Gasteiger partial charge in [-0.3, -0.25) is 9.59 Å². The Labute approximate surface area is 588 Å². The van der Waals surface area contributed by atoms with Crippen molar-refractivity contribution in [3.63, 3.8) is 0 Å². The summed E-state index contributed by atoms with van der Waals surface area (Å²) < 4.78 is 5.50. The van der Waals surface area contributed by atoms with Crippen molar-refractivity contribution in [1.82, 2.24) is 5.32 Å². The van der Waals surface area contributed by atoms with E-state index in [0.29, 0.717) is 19.4 Å². The standard InChI is InChI=1S/C88H167NO5/c1-3-5-7-9-11-13-15-17-19-20-21-22-40-43-46-49-53-56-60-64-68-72-76-80-86(91)85(84-90)89-87(92)81-77-73-69-65-61-57-54-50-47-44-41-38-36-34-32-30-28-26-24-23-25-27-29-31-33-35-37-39-42-45-48-51-55-59-63-67-71-75-79-83-94-88(93)82-78-74-70-66-62-58-52-18-16-14-12-10-8-6-4-2/h18,23-24,27,29,52,76,80,85-86,90-91H,3-17,19-22,25-26,28,30-51,53-75,77-79,81-84H2,1-2H3,(H,89,92)/b24-23-,29-27-,52-18-,80-76+. The van der Waals surface area contributed by atoms with Crippen molar-refractivity contribution in [3.8, 4) is 0 Å². The Morgan fingerprint density at radius 3 is 0.819 bits per heavy atom. The third kappa shape index (κ3) is 78.8. The zero-order valence-corrected chi connectivity index (χ0v) is 63.7. The predicted octanol–water partition coefficient (Wildman–Crippen LogP) is 28.7. The number of aliphatic hydroxyl groups is 2. The number of unbranched alkanes of at least 4 members (excludes halogenated alkanes) is 64. The molecule has 2 unspecified atom stereocenters. The number of hydrogen-bond acceptors (Lipinski definition) is 5. The van der Waals surface area contributed by atoms with E-state index in [4.69, 9.17) is 4.74 Å². The molecule has 2 atom stereocenters. The molecule has 0 saturated carbocycles. The van der Waals surface area contributed by atoms with Crippen LogP contribution < -0.4 is 5.32 Å². The topological polar surface area (TPSA) is 95.9 Å². The van der Waals surface area contributed by atoms with Gasteiger partial charge >= 0.3 is 5.97 Å². The van der Waals surface area contributed by atoms with Gasteiger partial charge in [0.25, 0.3) is 0 Å². The Kier molecular flexibility index (Phi) is 81.3. The average Bonchev–Trinajstić information content (AvgIpc) is 3.63. The molecule has 0 bridgehead atoms. The summed E-state index contributed by atoms with van der Waals surface area (Å²) in [5.74, 6) is -0.0472. The molecule has 0 rings (SSSR count). The van der Waals surface area contributed by atoms with Crippen LogP contribution in [-0.2, 0) is 14.3 Å². The zero-order chi connectivity index (χ0) is 67.7. The van der Waals surface area contributed by atoms with Gasteiger partial charge in [-0.05, 0) is 89.9 Å². The lowest BCUT2D eigenvalue weighted by Gasteiger charge is -2.20. The fourth-order valence-corrected chi connectivity index (χ4v) is 13.5. The first-order valence-electron chi connectivity index (χ1n) is 42.9. The average molecular weight is 1320 g/mol. The Morgan fingerprint density at radius 2 is 0.532 bits per heavy atom. The number of hydrogen-bond donors (Lipinski definition) is 3. The highest BCUT2D eigenvalue weighted by Gasteiger charge is 2.18. The minimum atomic E-state index is -0.844. The molecule has 0 spiro atoms. The van der Waals surface area contributed by atoms with Crippen LogP contribution in [0.15, 0.2) is 48.6 Å². The maximum absolute atomic E-state index is 12.6. The minimum absolute atomic E-state index is 0.0128. The molecule has 0 aromatic heterocycles. The van der Waals surface area contributed by atoms with E-state index in [-0.39, 0.29) is 18.5 Å². The van der Waals surface area contributed by atoms with E-state index in [1.807, 2.05) is 6.08 Å². The van der Waals surface area contributed by atoms with Crippen LogP contribution in [0.1, 0.15) is 476 Å². The molecule has 0 aromatic carbocycles. The molecule has 0 aliphatic rings. The van der Waals surface area contributed by atoms with E-state index in [9.17, 15) is 19.8 Å². The molecule has 554 valence electrons. The van der Waals surface area contributed by atoms with Crippen LogP contribution in [0.25, 0.3) is 0 Å². The maximum Gasteiger partial charge on any atom is 0.305 e. The summed E-state index contributed by atoms with van der Waals surface area (Å²) in [5.41, 5.74) is 0. The third-order valence-electron chi connectivity index (χ3n) is 20.1. The van der Waals surface area contributed by atoms with Gasteiger partial charge in [0.1, 0.15) is 0 Å². The van der Waals surface area contributed by atoms with Crippen LogP contribution in [0, 0.1) is 0 Å². The lowest BCUT2D eigenvalue weighted by atomic mass is 10.0. The Bertz CT molecular complexity index is 1570. The van der Waals surface area contributed by atoms with Crippen LogP contribution in [0.4, 0.5) is 0 Å². The van der Waals surface area contributed by atoms with Gasteiger partial charge in [0.2, 0.25) is 5.91 Å². The van der Waals surface area contributed by atoms with Crippen molar-refractivity contribution >= 4 is 11.9 Å². The number of esters is 1. The van der Waals surface area contributed by atoms with Gasteiger partial charge < -0.3 is 20.3 Å². The molecular formula is C88H167NO5. The molecule has 6 nitrogen and oxygen atoms in total. The molecule has 0 fully saturated rings. The molecular weight excluding hydrogens is 1150 g/mol. The number of ether oxygens (including phenoxy) is 1. The molecule has 0 saturated heterocycles. The highest BCUT2D eigenvalue weighted by Crippen LogP contribution is 2.20. The summed E-state index contributed by atoms with van der Waals surface area (Å²) in [6.07, 6.45) is 111. The monoisotopic (exact) mass is 1320 g/mol. The van der Waals surface area contributed by atoms with Crippen LogP contribution in [0.2, 0.25) is 0 Å². The van der Waals surface area contributed by atoms with Crippen molar-refractivity contribution in [2.75, 3.05) is 13.2 Å². The number of allylic oxidation sites excluding steroid dienone is 7. The van der Waals surface area contributed by atoms with Crippen molar-refractivity contribution in [2.45, 2.75) is 488 Å². The van der Waals surface area contributed by atoms with Gasteiger partial charge in [0.05, 0.1) is 25.4 Å². The number of nitrogens with one attached hydrogen (secondary N) is 1. The summed E-state index contributed by atoms with van der Waals surface area (Å²) in [7, 11) is 0. The van der Waals surface area contributed by atoms with Crippen molar-refractivity contribution in [2.24, 2.45) is 0 Å². The van der Waals surface area contributed by atoms with E-state index in [0.717, 1.165) is 51.4 Å². The SMILES string of the molecule is CCCCCCCC/C=C\CCCCCCCC(=O)OCCCCCCCCCCCCCCCCC/C=C\C/C=C\CCCCCCCCCCCCCCCCCCCC(=O)NC(CO)C(O)/C=C/CCCCCCCCCCCCCCCCCCCCCCC. The van der Waals surface area contributed by atoms with Crippen LogP contribution in [-0.4, -0.2) is 47.4 Å². The summed E-state index contributed by atoms with van der Waals surface area (Å²) in [5, 5.41) is 23.3. The van der Waals surface area contributed by atoms with Gasteiger partial charge in [-0.25, -0.2) is 0 Å². The first kappa shape index (κ1) is 91.8. The number of amides is 1. The highest BCUT2D eigenvalue weighted by atomic mass is 16.5. The molecule has 0 aliphatic heterocycles. The second-order valence-corrected chi connectivity index (χ2v) is 29.5. The van der Waals surface area contributed by atoms with E-state index < -0.39 is 12.1 Å². The normalized spacial score (nSPS) is 12.7. The van der Waals surface area contributed by atoms with E-state index in [1.54, 1.807) is 6.08 Å². The zero-order valence-electron chi connectivity index (χ0n) is 63.7. The smallest absolute Gasteiger partial charge is 0.305 e.